The van der Waals surface area contributed by atoms with Crippen LogP contribution in [0.15, 0.2) is 54.6 Å². The highest BCUT2D eigenvalue weighted by Gasteiger charge is 2.24. The number of rotatable bonds is 4. The molecule has 0 saturated heterocycles. The van der Waals surface area contributed by atoms with E-state index in [0.717, 1.165) is 5.56 Å². The molecule has 2 rings (SSSR count). The molecular formula is C15H12Br2ClNO. The average molecular weight is 418 g/mol. The summed E-state index contributed by atoms with van der Waals surface area (Å²) in [5.74, 6) is -0.127. The second-order valence-corrected chi connectivity index (χ2v) is 6.62. The van der Waals surface area contributed by atoms with E-state index in [9.17, 15) is 4.79 Å². The van der Waals surface area contributed by atoms with Crippen molar-refractivity contribution in [2.45, 2.75) is 9.65 Å². The quantitative estimate of drug-likeness (QED) is 0.683. The molecule has 0 unspecified atom stereocenters. The normalized spacial score (nSPS) is 13.6. The summed E-state index contributed by atoms with van der Waals surface area (Å²) < 4.78 is 0. The predicted octanol–water partition coefficient (Wildman–Crippen LogP) is 5.18. The minimum Gasteiger partial charge on any atom is -0.325 e. The van der Waals surface area contributed by atoms with Gasteiger partial charge in [0.25, 0.3) is 0 Å². The van der Waals surface area contributed by atoms with Gasteiger partial charge < -0.3 is 5.32 Å². The Hall–Kier alpha value is -0.840. The first-order valence-corrected chi connectivity index (χ1v) is 8.18. The molecule has 5 heteroatoms. The molecule has 0 aliphatic carbocycles. The van der Waals surface area contributed by atoms with Crippen LogP contribution in [0.1, 0.15) is 10.4 Å². The van der Waals surface area contributed by atoms with E-state index in [2.05, 4.69) is 37.2 Å². The molecule has 0 heterocycles. The van der Waals surface area contributed by atoms with Crippen LogP contribution in [0.5, 0.6) is 0 Å². The summed E-state index contributed by atoms with van der Waals surface area (Å²) in [7, 11) is 0. The molecule has 2 atom stereocenters. The highest BCUT2D eigenvalue weighted by atomic mass is 79.9. The van der Waals surface area contributed by atoms with Crippen LogP contribution < -0.4 is 5.32 Å². The first-order valence-electron chi connectivity index (χ1n) is 5.97. The van der Waals surface area contributed by atoms with Gasteiger partial charge in [-0.15, -0.1) is 0 Å². The van der Waals surface area contributed by atoms with Crippen LogP contribution in [0.3, 0.4) is 0 Å². The molecule has 1 N–H and O–H groups in total. The maximum Gasteiger partial charge on any atom is 0.239 e. The Bertz CT molecular complexity index is 591. The molecular weight excluding hydrogens is 405 g/mol. The van der Waals surface area contributed by atoms with Crippen molar-refractivity contribution < 1.29 is 4.79 Å². The molecule has 0 aromatic heterocycles. The van der Waals surface area contributed by atoms with E-state index < -0.39 is 0 Å². The minimum absolute atomic E-state index is 0.108. The minimum atomic E-state index is -0.385. The molecule has 104 valence electrons. The van der Waals surface area contributed by atoms with Gasteiger partial charge in [-0.05, 0) is 23.8 Å². The lowest BCUT2D eigenvalue weighted by Gasteiger charge is -2.17. The van der Waals surface area contributed by atoms with Crippen LogP contribution in [0.25, 0.3) is 0 Å². The third-order valence-corrected chi connectivity index (χ3v) is 5.66. The van der Waals surface area contributed by atoms with Gasteiger partial charge in [0.05, 0.1) is 4.83 Å². The first-order chi connectivity index (χ1) is 9.58. The fraction of sp³-hybridized carbons (Fsp3) is 0.133. The number of nitrogens with one attached hydrogen (secondary N) is 1. The molecule has 2 aromatic rings. The Kier molecular flexibility index (Phi) is 5.64. The number of benzene rings is 2. The van der Waals surface area contributed by atoms with Crippen molar-refractivity contribution in [3.63, 3.8) is 0 Å². The fourth-order valence-electron chi connectivity index (χ4n) is 1.72. The van der Waals surface area contributed by atoms with Crippen molar-refractivity contribution in [2.75, 3.05) is 5.32 Å². The number of carbonyl (C=O) groups is 1. The molecule has 0 radical (unpaired) electrons. The summed E-state index contributed by atoms with van der Waals surface area (Å²) in [6, 6.07) is 16.8. The maximum atomic E-state index is 12.2. The summed E-state index contributed by atoms with van der Waals surface area (Å²) in [5.41, 5.74) is 1.72. The lowest BCUT2D eigenvalue weighted by atomic mass is 10.1. The third kappa shape index (κ3) is 4.08. The van der Waals surface area contributed by atoms with Gasteiger partial charge in [-0.25, -0.2) is 0 Å². The van der Waals surface area contributed by atoms with Crippen LogP contribution in [-0.4, -0.2) is 10.7 Å². The third-order valence-electron chi connectivity index (χ3n) is 2.72. The van der Waals surface area contributed by atoms with Gasteiger partial charge in [-0.3, -0.25) is 4.79 Å². The lowest BCUT2D eigenvalue weighted by molar-refractivity contribution is -0.115. The van der Waals surface area contributed by atoms with Gasteiger partial charge in [-0.2, -0.15) is 0 Å². The Morgan fingerprint density at radius 3 is 2.40 bits per heavy atom. The smallest absolute Gasteiger partial charge is 0.239 e. The molecule has 20 heavy (non-hydrogen) atoms. The van der Waals surface area contributed by atoms with E-state index >= 15 is 0 Å². The van der Waals surface area contributed by atoms with Crippen molar-refractivity contribution in [2.24, 2.45) is 0 Å². The highest BCUT2D eigenvalue weighted by molar-refractivity contribution is 9.12. The second-order valence-electron chi connectivity index (χ2n) is 4.21. The number of anilines is 1. The van der Waals surface area contributed by atoms with E-state index in [1.54, 1.807) is 24.3 Å². The van der Waals surface area contributed by atoms with Gasteiger partial charge in [0.15, 0.2) is 0 Å². The van der Waals surface area contributed by atoms with Crippen LogP contribution in [0.2, 0.25) is 5.02 Å². The summed E-state index contributed by atoms with van der Waals surface area (Å²) in [5, 5.41) is 3.42. The van der Waals surface area contributed by atoms with E-state index in [1.807, 2.05) is 30.3 Å². The summed E-state index contributed by atoms with van der Waals surface area (Å²) >= 11 is 12.9. The Labute approximate surface area is 139 Å². The van der Waals surface area contributed by atoms with Gasteiger partial charge in [0, 0.05) is 10.7 Å². The van der Waals surface area contributed by atoms with Crippen LogP contribution in [-0.2, 0) is 4.79 Å². The zero-order valence-corrected chi connectivity index (χ0v) is 14.3. The van der Waals surface area contributed by atoms with Crippen molar-refractivity contribution in [3.05, 3.63) is 65.2 Å². The number of amides is 1. The number of carbonyl (C=O) groups excluding carboxylic acids is 1. The van der Waals surface area contributed by atoms with Gasteiger partial charge in [0.1, 0.15) is 4.83 Å². The monoisotopic (exact) mass is 415 g/mol. The lowest BCUT2D eigenvalue weighted by Crippen LogP contribution is -2.26. The topological polar surface area (TPSA) is 29.1 Å². The summed E-state index contributed by atoms with van der Waals surface area (Å²) in [4.78, 5) is 11.7. The molecule has 1 amide bonds. The standard InChI is InChI=1S/C15H12Br2ClNO/c16-13(10-5-2-1-3-6-10)14(17)15(20)19-12-8-4-7-11(18)9-12/h1-9,13-14H,(H,19,20)/t13-,14-/m0/s1. The second kappa shape index (κ2) is 7.25. The summed E-state index contributed by atoms with van der Waals surface area (Å²) in [6.45, 7) is 0. The van der Waals surface area contributed by atoms with Gasteiger partial charge >= 0.3 is 0 Å². The highest BCUT2D eigenvalue weighted by Crippen LogP contribution is 2.31. The van der Waals surface area contributed by atoms with E-state index in [-0.39, 0.29) is 15.6 Å². The van der Waals surface area contributed by atoms with Crippen molar-refractivity contribution in [3.8, 4) is 0 Å². The van der Waals surface area contributed by atoms with Crippen molar-refractivity contribution >= 4 is 55.1 Å². The molecule has 0 aliphatic heterocycles. The van der Waals surface area contributed by atoms with E-state index in [4.69, 9.17) is 11.6 Å². The predicted molar refractivity (Wildman–Crippen MR) is 90.9 cm³/mol. The van der Waals surface area contributed by atoms with Crippen LogP contribution in [0, 0.1) is 0 Å². The zero-order valence-electron chi connectivity index (χ0n) is 10.4. The van der Waals surface area contributed by atoms with Gasteiger partial charge in [-0.1, -0.05) is 79.9 Å². The largest absolute Gasteiger partial charge is 0.325 e. The first kappa shape index (κ1) is 15.5. The Balaban J connectivity index is 2.05. The fourth-order valence-corrected chi connectivity index (χ4v) is 2.87. The zero-order chi connectivity index (χ0) is 14.5. The summed E-state index contributed by atoms with van der Waals surface area (Å²) in [6.07, 6.45) is 0. The molecule has 0 aliphatic rings. The molecule has 2 nitrogen and oxygen atoms in total. The number of hydrogen-bond donors (Lipinski definition) is 1. The molecule has 2 aromatic carbocycles. The maximum absolute atomic E-state index is 12.2. The van der Waals surface area contributed by atoms with E-state index in [1.165, 1.54) is 0 Å². The Morgan fingerprint density at radius 2 is 1.75 bits per heavy atom. The van der Waals surface area contributed by atoms with Crippen LogP contribution in [0.4, 0.5) is 5.69 Å². The van der Waals surface area contributed by atoms with Gasteiger partial charge in [0.2, 0.25) is 5.91 Å². The molecule has 0 spiro atoms. The average Bonchev–Trinajstić information content (AvgIpc) is 2.46. The van der Waals surface area contributed by atoms with Crippen molar-refractivity contribution in [1.29, 1.82) is 0 Å². The molecule has 0 saturated carbocycles. The number of halogens is 3. The molecule has 0 fully saturated rings. The van der Waals surface area contributed by atoms with E-state index in [0.29, 0.717) is 10.7 Å². The van der Waals surface area contributed by atoms with Crippen molar-refractivity contribution in [1.82, 2.24) is 0 Å². The Morgan fingerprint density at radius 1 is 1.05 bits per heavy atom. The molecule has 0 bridgehead atoms. The number of hydrogen-bond acceptors (Lipinski definition) is 1. The SMILES string of the molecule is O=C(Nc1cccc(Cl)c1)[C@@H](Br)[C@@H](Br)c1ccccc1. The number of alkyl halides is 2. The van der Waals surface area contributed by atoms with Crippen LogP contribution >= 0.6 is 43.5 Å².